The van der Waals surface area contributed by atoms with Gasteiger partial charge in [0, 0.05) is 24.1 Å². The van der Waals surface area contributed by atoms with E-state index in [1.54, 1.807) is 20.2 Å². The summed E-state index contributed by atoms with van der Waals surface area (Å²) in [5, 5.41) is 0. The number of nitrogens with two attached hydrogens (primary N) is 1. The van der Waals surface area contributed by atoms with Crippen molar-refractivity contribution in [3.05, 3.63) is 40.0 Å². The molecule has 1 aromatic rings. The third-order valence-electron chi connectivity index (χ3n) is 2.63. The Morgan fingerprint density at radius 2 is 1.95 bits per heavy atom. The standard InChI is InChI=1S/C15H19IN2O4/c1-18(2)14(19)5-3-4-13(22-15(17)20)10-21-12-8-6-11(16)7-9-12/h3,5-9,13H,4,10H2,1-2H3,(H2,17,20)/b5-3-. The number of rotatable bonds is 7. The van der Waals surface area contributed by atoms with Crippen LogP contribution in [0.15, 0.2) is 36.4 Å². The minimum atomic E-state index is -0.872. The van der Waals surface area contributed by atoms with Gasteiger partial charge in [-0.3, -0.25) is 4.79 Å². The first-order chi connectivity index (χ1) is 10.4. The molecule has 1 unspecified atom stereocenters. The zero-order valence-corrected chi connectivity index (χ0v) is 14.6. The zero-order valence-electron chi connectivity index (χ0n) is 12.5. The average Bonchev–Trinajstić information content (AvgIpc) is 2.45. The molecule has 2 amide bonds. The molecule has 1 atom stereocenters. The molecule has 2 N–H and O–H groups in total. The van der Waals surface area contributed by atoms with E-state index in [2.05, 4.69) is 22.6 Å². The van der Waals surface area contributed by atoms with Crippen LogP contribution in [0.25, 0.3) is 0 Å². The van der Waals surface area contributed by atoms with Crippen LogP contribution in [0, 0.1) is 3.57 Å². The van der Waals surface area contributed by atoms with Crippen LogP contribution in [-0.2, 0) is 9.53 Å². The van der Waals surface area contributed by atoms with E-state index in [0.717, 1.165) is 3.57 Å². The lowest BCUT2D eigenvalue weighted by Gasteiger charge is -2.16. The van der Waals surface area contributed by atoms with Gasteiger partial charge in [0.1, 0.15) is 18.5 Å². The molecule has 0 heterocycles. The van der Waals surface area contributed by atoms with Crippen molar-refractivity contribution in [2.45, 2.75) is 12.5 Å². The molecule has 6 nitrogen and oxygen atoms in total. The van der Waals surface area contributed by atoms with Crippen molar-refractivity contribution < 1.29 is 19.1 Å². The molecular weight excluding hydrogens is 399 g/mol. The van der Waals surface area contributed by atoms with Crippen LogP contribution < -0.4 is 10.5 Å². The number of hydrogen-bond acceptors (Lipinski definition) is 4. The van der Waals surface area contributed by atoms with Gasteiger partial charge < -0.3 is 20.1 Å². The number of likely N-dealkylation sites (N-methyl/N-ethyl adjacent to an activating group) is 1. The van der Waals surface area contributed by atoms with Crippen LogP contribution in [0.2, 0.25) is 0 Å². The lowest BCUT2D eigenvalue weighted by atomic mass is 10.2. The van der Waals surface area contributed by atoms with Gasteiger partial charge in [-0.15, -0.1) is 0 Å². The molecule has 0 bridgehead atoms. The maximum absolute atomic E-state index is 11.4. The summed E-state index contributed by atoms with van der Waals surface area (Å²) in [6.45, 7) is 0.157. The fourth-order valence-electron chi connectivity index (χ4n) is 1.50. The summed E-state index contributed by atoms with van der Waals surface area (Å²) < 4.78 is 11.6. The van der Waals surface area contributed by atoms with E-state index in [9.17, 15) is 9.59 Å². The number of benzene rings is 1. The Hall–Kier alpha value is -1.77. The summed E-state index contributed by atoms with van der Waals surface area (Å²) in [4.78, 5) is 23.8. The second-order valence-electron chi connectivity index (χ2n) is 4.69. The SMILES string of the molecule is CN(C)C(=O)/C=C\CC(COc1ccc(I)cc1)OC(N)=O. The van der Waals surface area contributed by atoms with E-state index in [1.807, 2.05) is 24.3 Å². The molecular formula is C15H19IN2O4. The number of carbonyl (C=O) groups excluding carboxylic acids is 2. The molecule has 0 radical (unpaired) electrons. The van der Waals surface area contributed by atoms with Gasteiger partial charge in [0.2, 0.25) is 5.91 Å². The van der Waals surface area contributed by atoms with Crippen LogP contribution in [0.1, 0.15) is 6.42 Å². The van der Waals surface area contributed by atoms with Crippen LogP contribution >= 0.6 is 22.6 Å². The third kappa shape index (κ3) is 7.30. The van der Waals surface area contributed by atoms with Gasteiger partial charge in [0.05, 0.1) is 0 Å². The van der Waals surface area contributed by atoms with Crippen molar-refractivity contribution in [1.29, 1.82) is 0 Å². The highest BCUT2D eigenvalue weighted by atomic mass is 127. The highest BCUT2D eigenvalue weighted by Crippen LogP contribution is 2.14. The number of hydrogen-bond donors (Lipinski definition) is 1. The fourth-order valence-corrected chi connectivity index (χ4v) is 1.86. The molecule has 0 saturated heterocycles. The monoisotopic (exact) mass is 418 g/mol. The summed E-state index contributed by atoms with van der Waals surface area (Å²) in [5.41, 5.74) is 5.04. The van der Waals surface area contributed by atoms with Gasteiger partial charge in [0.25, 0.3) is 0 Å². The summed E-state index contributed by atoms with van der Waals surface area (Å²) in [5.74, 6) is 0.531. The molecule has 120 valence electrons. The Morgan fingerprint density at radius 1 is 1.32 bits per heavy atom. The Kier molecular flexibility index (Phi) is 7.72. The molecule has 7 heteroatoms. The van der Waals surface area contributed by atoms with Gasteiger partial charge in [-0.05, 0) is 52.9 Å². The lowest BCUT2D eigenvalue weighted by molar-refractivity contribution is -0.123. The Morgan fingerprint density at radius 3 is 2.50 bits per heavy atom. The van der Waals surface area contributed by atoms with Gasteiger partial charge >= 0.3 is 6.09 Å². The Labute approximate surface area is 143 Å². The first-order valence-corrected chi connectivity index (χ1v) is 7.68. The van der Waals surface area contributed by atoms with E-state index in [-0.39, 0.29) is 12.5 Å². The van der Waals surface area contributed by atoms with Crippen LogP contribution in [0.5, 0.6) is 5.75 Å². The van der Waals surface area contributed by atoms with Gasteiger partial charge in [-0.1, -0.05) is 6.08 Å². The van der Waals surface area contributed by atoms with Crippen molar-refractivity contribution in [2.24, 2.45) is 5.73 Å². The van der Waals surface area contributed by atoms with Crippen molar-refractivity contribution in [1.82, 2.24) is 4.90 Å². The molecule has 0 fully saturated rings. The number of carbonyl (C=O) groups is 2. The zero-order chi connectivity index (χ0) is 16.5. The molecule has 0 aliphatic rings. The number of nitrogens with zero attached hydrogens (tertiary/aromatic N) is 1. The maximum Gasteiger partial charge on any atom is 0.404 e. The second kappa shape index (κ2) is 9.29. The quantitative estimate of drug-likeness (QED) is 0.544. The highest BCUT2D eigenvalue weighted by molar-refractivity contribution is 14.1. The summed E-state index contributed by atoms with van der Waals surface area (Å²) in [7, 11) is 3.31. The van der Waals surface area contributed by atoms with E-state index >= 15 is 0 Å². The number of primary amides is 1. The molecule has 22 heavy (non-hydrogen) atoms. The number of halogens is 1. The van der Waals surface area contributed by atoms with Crippen molar-refractivity contribution >= 4 is 34.6 Å². The van der Waals surface area contributed by atoms with Crippen LogP contribution in [-0.4, -0.2) is 43.7 Å². The van der Waals surface area contributed by atoms with E-state index in [1.165, 1.54) is 11.0 Å². The predicted octanol–water partition coefficient (Wildman–Crippen LogP) is 2.17. The highest BCUT2D eigenvalue weighted by Gasteiger charge is 2.12. The molecule has 1 aromatic carbocycles. The summed E-state index contributed by atoms with van der Waals surface area (Å²) in [6, 6.07) is 7.48. The van der Waals surface area contributed by atoms with Gasteiger partial charge in [0.15, 0.2) is 0 Å². The topological polar surface area (TPSA) is 81.9 Å². The lowest BCUT2D eigenvalue weighted by Crippen LogP contribution is -2.28. The van der Waals surface area contributed by atoms with Crippen molar-refractivity contribution in [2.75, 3.05) is 20.7 Å². The number of ether oxygens (including phenoxy) is 2. The second-order valence-corrected chi connectivity index (χ2v) is 5.94. The molecule has 0 aromatic heterocycles. The first kappa shape index (κ1) is 18.3. The Bertz CT molecular complexity index is 529. The minimum Gasteiger partial charge on any atom is -0.490 e. The first-order valence-electron chi connectivity index (χ1n) is 6.60. The molecule has 0 aliphatic heterocycles. The van der Waals surface area contributed by atoms with Gasteiger partial charge in [-0.2, -0.15) is 0 Å². The summed E-state index contributed by atoms with van der Waals surface area (Å²) in [6.07, 6.45) is 1.97. The third-order valence-corrected chi connectivity index (χ3v) is 3.35. The smallest absolute Gasteiger partial charge is 0.404 e. The molecule has 0 aliphatic carbocycles. The van der Waals surface area contributed by atoms with Crippen molar-refractivity contribution in [3.63, 3.8) is 0 Å². The average molecular weight is 418 g/mol. The van der Waals surface area contributed by atoms with Crippen LogP contribution in [0.3, 0.4) is 0 Å². The predicted molar refractivity (Wildman–Crippen MR) is 91.6 cm³/mol. The Balaban J connectivity index is 2.55. The van der Waals surface area contributed by atoms with E-state index < -0.39 is 12.2 Å². The minimum absolute atomic E-state index is 0.142. The molecule has 0 spiro atoms. The van der Waals surface area contributed by atoms with Crippen LogP contribution in [0.4, 0.5) is 4.79 Å². The fraction of sp³-hybridized carbons (Fsp3) is 0.333. The largest absolute Gasteiger partial charge is 0.490 e. The maximum atomic E-state index is 11.4. The van der Waals surface area contributed by atoms with Gasteiger partial charge in [-0.25, -0.2) is 4.79 Å². The molecule has 0 saturated carbocycles. The molecule has 1 rings (SSSR count). The number of amides is 2. The van der Waals surface area contributed by atoms with E-state index in [0.29, 0.717) is 12.2 Å². The van der Waals surface area contributed by atoms with Crippen molar-refractivity contribution in [3.8, 4) is 5.75 Å². The van der Waals surface area contributed by atoms with E-state index in [4.69, 9.17) is 15.2 Å². The summed E-state index contributed by atoms with van der Waals surface area (Å²) >= 11 is 2.20. The normalized spacial score (nSPS) is 12.0.